The maximum atomic E-state index is 12.3. The van der Waals surface area contributed by atoms with Crippen molar-refractivity contribution in [3.63, 3.8) is 0 Å². The Hall–Kier alpha value is -2.95. The number of hydrogen-bond acceptors (Lipinski definition) is 7. The van der Waals surface area contributed by atoms with E-state index in [1.807, 2.05) is 13.8 Å². The summed E-state index contributed by atoms with van der Waals surface area (Å²) in [6.07, 6.45) is 0.877. The van der Waals surface area contributed by atoms with Gasteiger partial charge in [0, 0.05) is 11.6 Å². The predicted molar refractivity (Wildman–Crippen MR) is 105 cm³/mol. The van der Waals surface area contributed by atoms with Gasteiger partial charge in [0.2, 0.25) is 5.88 Å². The summed E-state index contributed by atoms with van der Waals surface area (Å²) in [7, 11) is 0. The van der Waals surface area contributed by atoms with Crippen LogP contribution in [0.2, 0.25) is 10.0 Å². The van der Waals surface area contributed by atoms with Crippen LogP contribution >= 0.6 is 23.2 Å². The van der Waals surface area contributed by atoms with Crippen LogP contribution in [0.3, 0.4) is 0 Å². The first-order valence-electron chi connectivity index (χ1n) is 8.29. The van der Waals surface area contributed by atoms with Crippen LogP contribution < -0.4 is 21.5 Å². The quantitative estimate of drug-likeness (QED) is 0.617. The van der Waals surface area contributed by atoms with Gasteiger partial charge >= 0.3 is 5.69 Å². The second-order valence-corrected chi connectivity index (χ2v) is 7.05. The van der Waals surface area contributed by atoms with Crippen molar-refractivity contribution in [1.82, 2.24) is 24.5 Å². The molecule has 152 valence electrons. The molecule has 0 bridgehead atoms. The van der Waals surface area contributed by atoms with Gasteiger partial charge in [-0.15, -0.1) is 5.10 Å². The van der Waals surface area contributed by atoms with Crippen LogP contribution in [0.5, 0.6) is 11.6 Å². The van der Waals surface area contributed by atoms with Crippen molar-refractivity contribution in [3.05, 3.63) is 71.2 Å². The van der Waals surface area contributed by atoms with Crippen LogP contribution in [0, 0.1) is 0 Å². The third kappa shape index (κ3) is 4.09. The van der Waals surface area contributed by atoms with Crippen molar-refractivity contribution < 1.29 is 9.84 Å². The average molecular weight is 440 g/mol. The van der Waals surface area contributed by atoms with Crippen molar-refractivity contribution >= 4 is 23.2 Å². The molecular weight excluding hydrogens is 425 g/mol. The van der Waals surface area contributed by atoms with E-state index in [9.17, 15) is 19.5 Å². The predicted octanol–water partition coefficient (Wildman–Crippen LogP) is 1.65. The van der Waals surface area contributed by atoms with Crippen molar-refractivity contribution in [3.8, 4) is 17.3 Å². The first-order chi connectivity index (χ1) is 13.7. The van der Waals surface area contributed by atoms with Crippen molar-refractivity contribution in [2.45, 2.75) is 26.5 Å². The van der Waals surface area contributed by atoms with Crippen LogP contribution in [0.25, 0.3) is 5.69 Å². The fourth-order valence-corrected chi connectivity index (χ4v) is 3.05. The molecule has 0 aliphatic rings. The Morgan fingerprint density at radius 2 is 1.83 bits per heavy atom. The van der Waals surface area contributed by atoms with Crippen molar-refractivity contribution in [1.29, 1.82) is 0 Å². The van der Waals surface area contributed by atoms with Gasteiger partial charge in [0.25, 0.3) is 11.1 Å². The summed E-state index contributed by atoms with van der Waals surface area (Å²) in [6.45, 7) is 2.89. The number of nitrogens with one attached hydrogen (secondary N) is 1. The number of aromatic nitrogens is 5. The third-order valence-electron chi connectivity index (χ3n) is 3.97. The molecule has 0 fully saturated rings. The lowest BCUT2D eigenvalue weighted by atomic mass is 10.1. The van der Waals surface area contributed by atoms with E-state index in [1.165, 1.54) is 18.2 Å². The van der Waals surface area contributed by atoms with E-state index in [1.54, 1.807) is 0 Å². The first kappa shape index (κ1) is 20.8. The van der Waals surface area contributed by atoms with E-state index in [4.69, 9.17) is 27.9 Å². The summed E-state index contributed by atoms with van der Waals surface area (Å²) in [4.78, 5) is 35.7. The molecule has 0 saturated heterocycles. The zero-order valence-electron chi connectivity index (χ0n) is 15.2. The summed E-state index contributed by atoms with van der Waals surface area (Å²) < 4.78 is 7.06. The van der Waals surface area contributed by atoms with E-state index in [-0.39, 0.29) is 38.8 Å². The van der Waals surface area contributed by atoms with Gasteiger partial charge < -0.3 is 9.84 Å². The minimum Gasteiger partial charge on any atom is -0.434 e. The number of H-pyrrole nitrogens is 1. The number of halogens is 2. The largest absolute Gasteiger partial charge is 0.434 e. The van der Waals surface area contributed by atoms with Crippen LogP contribution in [0.1, 0.15) is 25.3 Å². The van der Waals surface area contributed by atoms with Crippen LogP contribution in [0.15, 0.2) is 38.8 Å². The molecule has 3 aromatic rings. The standard InChI is InChI=1S/C17H15Cl2N5O5/c1-8(2)10-5-13(21-22-16(10)27)29-15-11(18)3-9(4-12(15)19)24-17(28)23(7-25)14(26)6-20-24/h3-6,8,25H,7H2,1-2H3,(H,22,27). The number of nitrogens with zero attached hydrogens (tertiary/aromatic N) is 4. The number of hydrogen-bond donors (Lipinski definition) is 2. The number of aliphatic hydroxyl groups excluding tert-OH is 1. The summed E-state index contributed by atoms with van der Waals surface area (Å²) >= 11 is 12.5. The van der Waals surface area contributed by atoms with Gasteiger partial charge in [0.1, 0.15) is 12.9 Å². The lowest BCUT2D eigenvalue weighted by Gasteiger charge is -2.13. The zero-order chi connectivity index (χ0) is 21.3. The SMILES string of the molecule is CC(C)c1cc(Oc2c(Cl)cc(-n3ncc(=O)n(CO)c3=O)cc2Cl)n[nH]c1=O. The zero-order valence-corrected chi connectivity index (χ0v) is 16.7. The summed E-state index contributed by atoms with van der Waals surface area (Å²) in [6, 6.07) is 4.17. The lowest BCUT2D eigenvalue weighted by Crippen LogP contribution is -2.40. The maximum Gasteiger partial charge on any atom is 0.354 e. The molecule has 0 spiro atoms. The minimum absolute atomic E-state index is 0.0297. The summed E-state index contributed by atoms with van der Waals surface area (Å²) in [5.41, 5.74) is -1.33. The molecule has 10 nitrogen and oxygen atoms in total. The molecule has 0 amide bonds. The van der Waals surface area contributed by atoms with Gasteiger partial charge in [-0.05, 0) is 18.1 Å². The number of aromatic amines is 1. The van der Waals surface area contributed by atoms with E-state index in [0.717, 1.165) is 10.9 Å². The summed E-state index contributed by atoms with van der Waals surface area (Å²) in [5, 5.41) is 19.1. The van der Waals surface area contributed by atoms with E-state index >= 15 is 0 Å². The highest BCUT2D eigenvalue weighted by atomic mass is 35.5. The molecule has 29 heavy (non-hydrogen) atoms. The second kappa shape index (κ2) is 8.19. The highest BCUT2D eigenvalue weighted by Gasteiger charge is 2.16. The maximum absolute atomic E-state index is 12.3. The van der Waals surface area contributed by atoms with Crippen LogP contribution in [-0.2, 0) is 6.73 Å². The molecule has 0 unspecified atom stereocenters. The van der Waals surface area contributed by atoms with Gasteiger partial charge in [0.15, 0.2) is 5.75 Å². The number of benzene rings is 1. The Kier molecular flexibility index (Phi) is 5.87. The van der Waals surface area contributed by atoms with E-state index in [0.29, 0.717) is 10.1 Å². The highest BCUT2D eigenvalue weighted by Crippen LogP contribution is 2.37. The second-order valence-electron chi connectivity index (χ2n) is 6.23. The Bertz CT molecular complexity index is 1220. The molecule has 1 aromatic carbocycles. The molecule has 2 aromatic heterocycles. The highest BCUT2D eigenvalue weighted by molar-refractivity contribution is 6.37. The molecule has 0 atom stereocenters. The van der Waals surface area contributed by atoms with Gasteiger partial charge in [-0.3, -0.25) is 9.59 Å². The molecule has 0 aliphatic carbocycles. The van der Waals surface area contributed by atoms with Gasteiger partial charge in [-0.2, -0.15) is 9.78 Å². The van der Waals surface area contributed by atoms with Crippen molar-refractivity contribution in [2.75, 3.05) is 0 Å². The Labute approximate surface area is 172 Å². The topological polar surface area (TPSA) is 132 Å². The summed E-state index contributed by atoms with van der Waals surface area (Å²) in [5.74, 6) is 0.0708. The number of aliphatic hydroxyl groups is 1. The molecule has 0 saturated carbocycles. The molecule has 0 aliphatic heterocycles. The molecule has 12 heteroatoms. The average Bonchev–Trinajstić information content (AvgIpc) is 2.66. The third-order valence-corrected chi connectivity index (χ3v) is 4.53. The smallest absolute Gasteiger partial charge is 0.354 e. The molecule has 2 heterocycles. The van der Waals surface area contributed by atoms with Gasteiger partial charge in [0.05, 0.1) is 15.7 Å². The number of ether oxygens (including phenoxy) is 1. The Morgan fingerprint density at radius 1 is 1.17 bits per heavy atom. The van der Waals surface area contributed by atoms with Gasteiger partial charge in [-0.1, -0.05) is 37.0 Å². The number of rotatable bonds is 5. The minimum atomic E-state index is -0.871. The van der Waals surface area contributed by atoms with Crippen LogP contribution in [0.4, 0.5) is 0 Å². The monoisotopic (exact) mass is 439 g/mol. The normalized spacial score (nSPS) is 11.1. The van der Waals surface area contributed by atoms with Crippen molar-refractivity contribution in [2.24, 2.45) is 0 Å². The van der Waals surface area contributed by atoms with E-state index in [2.05, 4.69) is 15.3 Å². The van der Waals surface area contributed by atoms with Crippen LogP contribution in [-0.4, -0.2) is 29.7 Å². The fraction of sp³-hybridized carbons (Fsp3) is 0.235. The fourth-order valence-electron chi connectivity index (χ4n) is 2.50. The molecular formula is C17H15Cl2N5O5. The van der Waals surface area contributed by atoms with E-state index < -0.39 is 18.0 Å². The lowest BCUT2D eigenvalue weighted by molar-refractivity contribution is 0.197. The molecule has 3 rings (SSSR count). The molecule has 0 radical (unpaired) electrons. The Morgan fingerprint density at radius 3 is 2.41 bits per heavy atom. The first-order valence-corrected chi connectivity index (χ1v) is 9.05. The van der Waals surface area contributed by atoms with Gasteiger partial charge in [-0.25, -0.2) is 14.5 Å². The Balaban J connectivity index is 2.04. The molecule has 2 N–H and O–H groups in total.